The minimum Gasteiger partial charge on any atom is -0.480 e. The molecule has 34 heavy (non-hydrogen) atoms. The van der Waals surface area contributed by atoms with E-state index in [0.717, 1.165) is 35.7 Å². The molecule has 0 fully saturated rings. The van der Waals surface area contributed by atoms with Gasteiger partial charge in [-0.2, -0.15) is 5.10 Å². The first-order valence-corrected chi connectivity index (χ1v) is 12.3. The van der Waals surface area contributed by atoms with Gasteiger partial charge in [0.2, 0.25) is 0 Å². The van der Waals surface area contributed by atoms with Gasteiger partial charge < -0.3 is 9.84 Å². The van der Waals surface area contributed by atoms with Crippen LogP contribution in [0.25, 0.3) is 0 Å². The molecule has 0 saturated heterocycles. The average molecular weight is 481 g/mol. The Morgan fingerprint density at radius 3 is 2.35 bits per heavy atom. The summed E-state index contributed by atoms with van der Waals surface area (Å²) in [4.78, 5) is 24.9. The summed E-state index contributed by atoms with van der Waals surface area (Å²) in [5.41, 5.74) is 4.64. The predicted octanol–water partition coefficient (Wildman–Crippen LogP) is 6.07. The summed E-state index contributed by atoms with van der Waals surface area (Å²) in [7, 11) is 0. The Bertz CT molecular complexity index is 1130. The number of carbonyl (C=O) groups excluding carboxylic acids is 1. The van der Waals surface area contributed by atoms with E-state index < -0.39 is 22.8 Å². The summed E-state index contributed by atoms with van der Waals surface area (Å²) in [6.45, 7) is 10.1. The maximum absolute atomic E-state index is 12.8. The minimum absolute atomic E-state index is 0.422. The van der Waals surface area contributed by atoms with Gasteiger partial charge in [0.1, 0.15) is 10.9 Å². The Hall–Kier alpha value is -3.06. The molecule has 180 valence electrons. The molecular formula is C27H32N2O4S. The van der Waals surface area contributed by atoms with Crippen molar-refractivity contribution in [2.24, 2.45) is 0 Å². The molecule has 1 heterocycles. The molecule has 0 aliphatic carbocycles. The summed E-state index contributed by atoms with van der Waals surface area (Å²) in [5, 5.41) is 14.1. The number of esters is 1. The van der Waals surface area contributed by atoms with E-state index in [1.54, 1.807) is 38.1 Å². The Balaban J connectivity index is 1.70. The van der Waals surface area contributed by atoms with Gasteiger partial charge in [-0.05, 0) is 70.0 Å². The van der Waals surface area contributed by atoms with E-state index in [0.29, 0.717) is 5.56 Å². The van der Waals surface area contributed by atoms with Gasteiger partial charge in [-0.25, -0.2) is 4.79 Å². The zero-order valence-corrected chi connectivity index (χ0v) is 21.2. The third-order valence-corrected chi connectivity index (χ3v) is 6.67. The number of benzene rings is 2. The highest BCUT2D eigenvalue weighted by Crippen LogP contribution is 2.33. The fourth-order valence-corrected chi connectivity index (χ4v) is 4.44. The van der Waals surface area contributed by atoms with E-state index >= 15 is 0 Å². The second kappa shape index (κ2) is 10.9. The lowest BCUT2D eigenvalue weighted by atomic mass is 10.1. The van der Waals surface area contributed by atoms with Crippen molar-refractivity contribution in [1.82, 2.24) is 9.78 Å². The van der Waals surface area contributed by atoms with Crippen LogP contribution in [0.15, 0.2) is 59.5 Å². The molecule has 1 N–H and O–H groups in total. The molecule has 0 radical (unpaired) electrons. The van der Waals surface area contributed by atoms with Gasteiger partial charge in [-0.1, -0.05) is 36.8 Å². The van der Waals surface area contributed by atoms with Crippen molar-refractivity contribution in [3.8, 4) is 0 Å². The van der Waals surface area contributed by atoms with Crippen LogP contribution in [-0.2, 0) is 22.5 Å². The van der Waals surface area contributed by atoms with Crippen molar-refractivity contribution < 1.29 is 19.4 Å². The molecule has 6 nitrogen and oxygen atoms in total. The summed E-state index contributed by atoms with van der Waals surface area (Å²) < 4.78 is 6.74. The van der Waals surface area contributed by atoms with Gasteiger partial charge in [0.15, 0.2) is 0 Å². The predicted molar refractivity (Wildman–Crippen MR) is 134 cm³/mol. The molecule has 0 aliphatic heterocycles. The van der Waals surface area contributed by atoms with E-state index in [2.05, 4.69) is 38.1 Å². The molecule has 3 aromatic rings. The third-order valence-electron chi connectivity index (χ3n) is 5.48. The monoisotopic (exact) mass is 480 g/mol. The fraction of sp³-hybridized carbons (Fsp3) is 0.370. The van der Waals surface area contributed by atoms with Crippen LogP contribution in [0.5, 0.6) is 0 Å². The summed E-state index contributed by atoms with van der Waals surface area (Å²) in [5.74, 6) is -1.31. The second-order valence-corrected chi connectivity index (χ2v) is 10.6. The summed E-state index contributed by atoms with van der Waals surface area (Å²) in [6.07, 6.45) is 1.18. The standard InChI is InChI=1S/C27H32N2O4S/c1-6-15-29-24(17-22(28-29)16-20-9-7-18(2)8-10-20)19(3)33-25(30)21-11-13-23(14-12-21)34-27(4,5)26(31)32/h7-14,17,19H,6,15-16H2,1-5H3,(H,31,32)/t19-/m0/s1. The van der Waals surface area contributed by atoms with Crippen molar-refractivity contribution in [2.45, 2.75) is 69.8 Å². The Labute approximate surface area is 205 Å². The van der Waals surface area contributed by atoms with Crippen LogP contribution in [0.1, 0.15) is 73.1 Å². The minimum atomic E-state index is -0.954. The van der Waals surface area contributed by atoms with Crippen molar-refractivity contribution in [3.63, 3.8) is 0 Å². The topological polar surface area (TPSA) is 81.4 Å². The first-order valence-electron chi connectivity index (χ1n) is 11.4. The summed E-state index contributed by atoms with van der Waals surface area (Å²) in [6, 6.07) is 17.2. The maximum Gasteiger partial charge on any atom is 0.338 e. The third kappa shape index (κ3) is 6.50. The van der Waals surface area contributed by atoms with Crippen molar-refractivity contribution in [3.05, 3.63) is 82.7 Å². The largest absolute Gasteiger partial charge is 0.480 e. The average Bonchev–Trinajstić information content (AvgIpc) is 3.18. The zero-order valence-electron chi connectivity index (χ0n) is 20.4. The van der Waals surface area contributed by atoms with Gasteiger partial charge in [-0.15, -0.1) is 11.8 Å². The first kappa shape index (κ1) is 25.6. The molecule has 0 bridgehead atoms. The van der Waals surface area contributed by atoms with Gasteiger partial charge >= 0.3 is 11.9 Å². The van der Waals surface area contributed by atoms with E-state index in [-0.39, 0.29) is 0 Å². The number of aliphatic carboxylic acids is 1. The van der Waals surface area contributed by atoms with Crippen LogP contribution in [-0.4, -0.2) is 31.6 Å². The molecule has 1 aromatic heterocycles. The Morgan fingerprint density at radius 2 is 1.76 bits per heavy atom. The van der Waals surface area contributed by atoms with Crippen molar-refractivity contribution in [1.29, 1.82) is 0 Å². The number of carbonyl (C=O) groups is 2. The zero-order chi connectivity index (χ0) is 24.9. The highest BCUT2D eigenvalue weighted by atomic mass is 32.2. The second-order valence-electron chi connectivity index (χ2n) is 8.94. The quantitative estimate of drug-likeness (QED) is 0.280. The number of aryl methyl sites for hydroxylation is 2. The molecule has 0 unspecified atom stereocenters. The SMILES string of the molecule is CCCn1nc(Cc2ccc(C)cc2)cc1[C@H](C)OC(=O)c1ccc(SC(C)(C)C(=O)O)cc1. The number of hydrogen-bond donors (Lipinski definition) is 1. The number of ether oxygens (including phenoxy) is 1. The number of rotatable bonds is 10. The molecule has 2 aromatic carbocycles. The van der Waals surface area contributed by atoms with Gasteiger partial charge in [0.25, 0.3) is 0 Å². The number of nitrogens with zero attached hydrogens (tertiary/aromatic N) is 2. The molecule has 0 amide bonds. The first-order chi connectivity index (χ1) is 16.1. The number of hydrogen-bond acceptors (Lipinski definition) is 5. The van der Waals surface area contributed by atoms with Crippen molar-refractivity contribution >= 4 is 23.7 Å². The summed E-state index contributed by atoms with van der Waals surface area (Å²) >= 11 is 1.23. The Morgan fingerprint density at radius 1 is 1.12 bits per heavy atom. The van der Waals surface area contributed by atoms with Crippen molar-refractivity contribution in [2.75, 3.05) is 0 Å². The smallest absolute Gasteiger partial charge is 0.338 e. The molecule has 0 aliphatic rings. The molecule has 7 heteroatoms. The lowest BCUT2D eigenvalue weighted by molar-refractivity contribution is -0.138. The van der Waals surface area contributed by atoms with Crippen LogP contribution in [0.3, 0.4) is 0 Å². The lowest BCUT2D eigenvalue weighted by Gasteiger charge is -2.18. The fourth-order valence-electron chi connectivity index (χ4n) is 3.49. The highest BCUT2D eigenvalue weighted by molar-refractivity contribution is 8.01. The van der Waals surface area contributed by atoms with Gasteiger partial charge in [-0.3, -0.25) is 9.48 Å². The molecule has 1 atom stereocenters. The number of carboxylic acid groups (broad SMARTS) is 1. The molecule has 3 rings (SSSR count). The number of aromatic nitrogens is 2. The number of thioether (sulfide) groups is 1. The lowest BCUT2D eigenvalue weighted by Crippen LogP contribution is -2.26. The molecular weight excluding hydrogens is 448 g/mol. The maximum atomic E-state index is 12.8. The van der Waals surface area contributed by atoms with Gasteiger partial charge in [0, 0.05) is 17.9 Å². The van der Waals surface area contributed by atoms with E-state index in [1.165, 1.54) is 22.9 Å². The van der Waals surface area contributed by atoms with Crippen LogP contribution < -0.4 is 0 Å². The van der Waals surface area contributed by atoms with Crippen LogP contribution >= 0.6 is 11.8 Å². The van der Waals surface area contributed by atoms with E-state index in [4.69, 9.17) is 9.84 Å². The van der Waals surface area contributed by atoms with Crippen LogP contribution in [0.4, 0.5) is 0 Å². The Kier molecular flexibility index (Phi) is 8.20. The number of carboxylic acids is 1. The molecule has 0 spiro atoms. The van der Waals surface area contributed by atoms with Crippen LogP contribution in [0, 0.1) is 6.92 Å². The van der Waals surface area contributed by atoms with E-state index in [1.807, 2.05) is 17.7 Å². The highest BCUT2D eigenvalue weighted by Gasteiger charge is 2.28. The van der Waals surface area contributed by atoms with E-state index in [9.17, 15) is 14.7 Å². The molecule has 0 saturated carbocycles. The van der Waals surface area contributed by atoms with Gasteiger partial charge in [0.05, 0.1) is 17.0 Å². The van der Waals surface area contributed by atoms with Crippen LogP contribution in [0.2, 0.25) is 0 Å². The normalized spacial score (nSPS) is 12.4.